The van der Waals surface area contributed by atoms with Crippen LogP contribution < -0.4 is 4.74 Å². The summed E-state index contributed by atoms with van der Waals surface area (Å²) in [6, 6.07) is 7.20. The minimum Gasteiger partial charge on any atom is -0.488 e. The second kappa shape index (κ2) is 5.43. The third kappa shape index (κ3) is 3.30. The predicted octanol–water partition coefficient (Wildman–Crippen LogP) is 3.56. The second-order valence-electron chi connectivity index (χ2n) is 3.32. The lowest BCUT2D eigenvalue weighted by Gasteiger charge is -2.06. The Bertz CT molecular complexity index is 414. The summed E-state index contributed by atoms with van der Waals surface area (Å²) in [7, 11) is 0. The minimum atomic E-state index is 0.390. The maximum Gasteiger partial charge on any atom is 0.139 e. The molecule has 2 nitrogen and oxygen atoms in total. The van der Waals surface area contributed by atoms with Crippen molar-refractivity contribution in [3.8, 4) is 11.8 Å². The van der Waals surface area contributed by atoms with Crippen LogP contribution in [0.25, 0.3) is 0 Å². The van der Waals surface area contributed by atoms with Crippen LogP contribution in [0.15, 0.2) is 29.8 Å². The zero-order valence-electron chi connectivity index (χ0n) is 8.75. The molecule has 1 aromatic rings. The van der Waals surface area contributed by atoms with E-state index in [0.29, 0.717) is 22.9 Å². The van der Waals surface area contributed by atoms with Crippen molar-refractivity contribution in [1.29, 1.82) is 5.26 Å². The molecule has 1 rings (SSSR count). The van der Waals surface area contributed by atoms with E-state index in [4.69, 9.17) is 21.6 Å². The minimum absolute atomic E-state index is 0.390. The molecule has 0 aliphatic heterocycles. The molecule has 0 fully saturated rings. The Morgan fingerprint density at radius 2 is 2.27 bits per heavy atom. The van der Waals surface area contributed by atoms with E-state index < -0.39 is 0 Å². The molecule has 0 aliphatic carbocycles. The molecular formula is C12H12ClNO. The molecule has 0 saturated heterocycles. The lowest BCUT2D eigenvalue weighted by Crippen LogP contribution is -1.96. The summed E-state index contributed by atoms with van der Waals surface area (Å²) >= 11 is 5.85. The van der Waals surface area contributed by atoms with Crippen LogP contribution in [-0.4, -0.2) is 6.61 Å². The molecule has 15 heavy (non-hydrogen) atoms. The molecule has 0 atom stereocenters. The lowest BCUT2D eigenvalue weighted by atomic mass is 10.2. The van der Waals surface area contributed by atoms with Gasteiger partial charge in [0.05, 0.1) is 5.02 Å². The van der Waals surface area contributed by atoms with Crippen LogP contribution in [0, 0.1) is 11.3 Å². The highest BCUT2D eigenvalue weighted by atomic mass is 35.5. The van der Waals surface area contributed by atoms with E-state index in [0.717, 1.165) is 0 Å². The highest BCUT2D eigenvalue weighted by Gasteiger charge is 2.06. The van der Waals surface area contributed by atoms with Gasteiger partial charge in [-0.15, -0.1) is 0 Å². The molecule has 0 heterocycles. The van der Waals surface area contributed by atoms with Gasteiger partial charge in [-0.25, -0.2) is 0 Å². The number of hydrogen-bond acceptors (Lipinski definition) is 2. The molecule has 0 bridgehead atoms. The van der Waals surface area contributed by atoms with Crippen molar-refractivity contribution in [3.63, 3.8) is 0 Å². The number of benzene rings is 1. The van der Waals surface area contributed by atoms with Crippen molar-refractivity contribution >= 4 is 11.6 Å². The van der Waals surface area contributed by atoms with Crippen LogP contribution in [0.2, 0.25) is 5.02 Å². The van der Waals surface area contributed by atoms with Crippen molar-refractivity contribution in [2.24, 2.45) is 0 Å². The number of nitriles is 1. The Hall–Kier alpha value is -1.46. The first-order valence-corrected chi connectivity index (χ1v) is 4.97. The number of ether oxygens (including phenoxy) is 1. The predicted molar refractivity (Wildman–Crippen MR) is 61.1 cm³/mol. The van der Waals surface area contributed by atoms with Gasteiger partial charge in [0.15, 0.2) is 0 Å². The van der Waals surface area contributed by atoms with Gasteiger partial charge in [-0.3, -0.25) is 0 Å². The Labute approximate surface area is 94.7 Å². The summed E-state index contributed by atoms with van der Waals surface area (Å²) in [5.41, 5.74) is 1.57. The Morgan fingerprint density at radius 1 is 1.53 bits per heavy atom. The SMILES string of the molecule is CC(C)=CCOc1cccc(Cl)c1C#N. The number of nitrogens with zero attached hydrogens (tertiary/aromatic N) is 1. The normalized spacial score (nSPS) is 9.20. The van der Waals surface area contributed by atoms with Crippen LogP contribution in [0.5, 0.6) is 5.75 Å². The molecule has 0 spiro atoms. The average Bonchev–Trinajstić information content (AvgIpc) is 2.17. The third-order valence-electron chi connectivity index (χ3n) is 1.82. The highest BCUT2D eigenvalue weighted by Crippen LogP contribution is 2.25. The van der Waals surface area contributed by atoms with Gasteiger partial charge in [0, 0.05) is 0 Å². The monoisotopic (exact) mass is 221 g/mol. The van der Waals surface area contributed by atoms with Crippen molar-refractivity contribution in [2.45, 2.75) is 13.8 Å². The van der Waals surface area contributed by atoms with E-state index in [-0.39, 0.29) is 0 Å². The Morgan fingerprint density at radius 3 is 2.87 bits per heavy atom. The van der Waals surface area contributed by atoms with Crippen LogP contribution in [-0.2, 0) is 0 Å². The van der Waals surface area contributed by atoms with Crippen LogP contribution >= 0.6 is 11.6 Å². The van der Waals surface area contributed by atoms with E-state index in [2.05, 4.69) is 0 Å². The fourth-order valence-corrected chi connectivity index (χ4v) is 1.24. The van der Waals surface area contributed by atoms with Crippen molar-refractivity contribution in [1.82, 2.24) is 0 Å². The van der Waals surface area contributed by atoms with E-state index in [9.17, 15) is 0 Å². The fourth-order valence-electron chi connectivity index (χ4n) is 1.03. The van der Waals surface area contributed by atoms with Gasteiger partial charge in [-0.2, -0.15) is 5.26 Å². The van der Waals surface area contributed by atoms with Crippen molar-refractivity contribution in [3.05, 3.63) is 40.4 Å². The van der Waals surface area contributed by atoms with Gasteiger partial charge in [0.2, 0.25) is 0 Å². The summed E-state index contributed by atoms with van der Waals surface area (Å²) in [4.78, 5) is 0. The Kier molecular flexibility index (Phi) is 4.20. The second-order valence-corrected chi connectivity index (χ2v) is 3.72. The van der Waals surface area contributed by atoms with Crippen molar-refractivity contribution < 1.29 is 4.74 Å². The molecule has 0 N–H and O–H groups in total. The van der Waals surface area contributed by atoms with Gasteiger partial charge in [0.25, 0.3) is 0 Å². The average molecular weight is 222 g/mol. The first-order chi connectivity index (χ1) is 7.15. The maximum absolute atomic E-state index is 8.88. The molecule has 78 valence electrons. The largest absolute Gasteiger partial charge is 0.488 e. The summed E-state index contributed by atoms with van der Waals surface area (Å²) in [5.74, 6) is 0.530. The standard InChI is InChI=1S/C12H12ClNO/c1-9(2)6-7-15-12-5-3-4-11(13)10(12)8-14/h3-6H,7H2,1-2H3. The first kappa shape index (κ1) is 11.6. The fraction of sp³-hybridized carbons (Fsp3) is 0.250. The van der Waals surface area contributed by atoms with E-state index in [1.165, 1.54) is 5.57 Å². The summed E-state index contributed by atoms with van der Waals surface area (Å²) in [6.07, 6.45) is 1.95. The van der Waals surface area contributed by atoms with Gasteiger partial charge in [-0.05, 0) is 32.1 Å². The molecule has 0 saturated carbocycles. The van der Waals surface area contributed by atoms with Crippen molar-refractivity contribution in [2.75, 3.05) is 6.61 Å². The molecular weight excluding hydrogens is 210 g/mol. The number of halogens is 1. The highest BCUT2D eigenvalue weighted by molar-refractivity contribution is 6.31. The van der Waals surface area contributed by atoms with Crippen LogP contribution in [0.4, 0.5) is 0 Å². The quantitative estimate of drug-likeness (QED) is 0.732. The zero-order valence-corrected chi connectivity index (χ0v) is 9.51. The Balaban J connectivity index is 2.82. The summed E-state index contributed by atoms with van der Waals surface area (Å²) in [6.45, 7) is 4.44. The lowest BCUT2D eigenvalue weighted by molar-refractivity contribution is 0.361. The molecule has 3 heteroatoms. The molecule has 0 aliphatic rings. The van der Waals surface area contributed by atoms with E-state index >= 15 is 0 Å². The molecule has 0 aromatic heterocycles. The summed E-state index contributed by atoms with van der Waals surface area (Å²) < 4.78 is 5.44. The molecule has 0 amide bonds. The van der Waals surface area contributed by atoms with Crippen LogP contribution in [0.1, 0.15) is 19.4 Å². The van der Waals surface area contributed by atoms with Gasteiger partial charge < -0.3 is 4.74 Å². The molecule has 0 radical (unpaired) electrons. The van der Waals surface area contributed by atoms with Crippen LogP contribution in [0.3, 0.4) is 0 Å². The maximum atomic E-state index is 8.88. The topological polar surface area (TPSA) is 33.0 Å². The van der Waals surface area contributed by atoms with Gasteiger partial charge in [0.1, 0.15) is 24.0 Å². The number of rotatable bonds is 3. The van der Waals surface area contributed by atoms with Gasteiger partial charge in [-0.1, -0.05) is 23.2 Å². The molecule has 1 aromatic carbocycles. The first-order valence-electron chi connectivity index (χ1n) is 4.60. The van der Waals surface area contributed by atoms with E-state index in [1.807, 2.05) is 26.0 Å². The van der Waals surface area contributed by atoms with Gasteiger partial charge >= 0.3 is 0 Å². The smallest absolute Gasteiger partial charge is 0.139 e. The number of allylic oxidation sites excluding steroid dienone is 1. The molecule has 0 unspecified atom stereocenters. The summed E-state index contributed by atoms with van der Waals surface area (Å²) in [5, 5.41) is 9.30. The zero-order chi connectivity index (χ0) is 11.3. The third-order valence-corrected chi connectivity index (χ3v) is 2.13. The number of hydrogen-bond donors (Lipinski definition) is 0. The van der Waals surface area contributed by atoms with E-state index in [1.54, 1.807) is 18.2 Å².